The van der Waals surface area contributed by atoms with Gasteiger partial charge < -0.3 is 19.2 Å². The second-order valence-electron chi connectivity index (χ2n) is 9.35. The number of carbonyl (C=O) groups is 2. The minimum Gasteiger partial charge on any atom is -0.460 e. The molecule has 0 unspecified atom stereocenters. The Labute approximate surface area is 221 Å². The van der Waals surface area contributed by atoms with Gasteiger partial charge in [-0.25, -0.2) is 9.59 Å². The molecule has 1 saturated carbocycles. The number of benzene rings is 1. The highest BCUT2D eigenvalue weighted by Crippen LogP contribution is 2.38. The van der Waals surface area contributed by atoms with E-state index in [1.54, 1.807) is 34.9 Å². The summed E-state index contributed by atoms with van der Waals surface area (Å²) < 4.78 is 12.8. The van der Waals surface area contributed by atoms with Gasteiger partial charge in [0.25, 0.3) is 0 Å². The van der Waals surface area contributed by atoms with Crippen molar-refractivity contribution in [3.05, 3.63) is 79.1 Å². The molecule has 1 N–H and O–H groups in total. The quantitative estimate of drug-likeness (QED) is 0.250. The zero-order valence-electron chi connectivity index (χ0n) is 20.4. The van der Waals surface area contributed by atoms with E-state index in [2.05, 4.69) is 4.90 Å². The molecule has 1 aliphatic carbocycles. The number of thiophene rings is 2. The number of hydrogen-bond donors (Lipinski definition) is 1. The molecule has 0 saturated heterocycles. The van der Waals surface area contributed by atoms with Gasteiger partial charge in [0.2, 0.25) is 5.60 Å². The van der Waals surface area contributed by atoms with Crippen LogP contribution in [0, 0.1) is 0 Å². The van der Waals surface area contributed by atoms with Crippen molar-refractivity contribution in [3.63, 3.8) is 0 Å². The molecule has 10 heteroatoms. The fraction of sp³-hybridized carbons (Fsp3) is 0.370. The van der Waals surface area contributed by atoms with Crippen molar-refractivity contribution >= 4 is 46.0 Å². The number of likely N-dealkylation sites (N-methyl/N-ethyl adjacent to an activating group) is 1. The lowest BCUT2D eigenvalue weighted by Crippen LogP contribution is -2.42. The van der Waals surface area contributed by atoms with E-state index >= 15 is 0 Å². The molecule has 0 bridgehead atoms. The number of rotatable bonds is 9. The van der Waals surface area contributed by atoms with E-state index in [1.165, 1.54) is 22.7 Å². The molecular weight excluding hydrogens is 512 g/mol. The smallest absolute Gasteiger partial charge is 0.419 e. The molecule has 194 valence electrons. The maximum absolute atomic E-state index is 13.2. The number of oxazole rings is 1. The molecule has 1 aromatic carbocycles. The number of nitrogens with zero attached hydrogens (tertiary/aromatic N) is 2. The summed E-state index contributed by atoms with van der Waals surface area (Å²) in [5.41, 5.74) is -0.247. The third kappa shape index (κ3) is 5.06. The fourth-order valence-corrected chi connectivity index (χ4v) is 6.65. The Morgan fingerprint density at radius 2 is 1.84 bits per heavy atom. The van der Waals surface area contributed by atoms with Crippen molar-refractivity contribution in [1.82, 2.24) is 9.47 Å². The van der Waals surface area contributed by atoms with Gasteiger partial charge in [-0.2, -0.15) is 0 Å². The van der Waals surface area contributed by atoms with Crippen LogP contribution < -0.4 is 5.76 Å². The predicted molar refractivity (Wildman–Crippen MR) is 142 cm³/mol. The first-order valence-corrected chi connectivity index (χ1v) is 14.0. The second-order valence-corrected chi connectivity index (χ2v) is 11.2. The van der Waals surface area contributed by atoms with Gasteiger partial charge in [0.15, 0.2) is 5.58 Å². The molecule has 0 radical (unpaired) electrons. The van der Waals surface area contributed by atoms with Crippen molar-refractivity contribution < 1.29 is 23.8 Å². The van der Waals surface area contributed by atoms with E-state index in [-0.39, 0.29) is 6.10 Å². The van der Waals surface area contributed by atoms with E-state index < -0.39 is 17.3 Å². The number of ether oxygens (including phenoxy) is 1. The number of aromatic nitrogens is 1. The fourth-order valence-electron chi connectivity index (χ4n) is 4.94. The first kappa shape index (κ1) is 25.6. The summed E-state index contributed by atoms with van der Waals surface area (Å²) in [6.07, 6.45) is 3.56. The molecule has 1 aliphatic rings. The minimum atomic E-state index is -1.79. The van der Waals surface area contributed by atoms with Crippen molar-refractivity contribution in [1.29, 1.82) is 0 Å². The number of fused-ring (bicyclic) bond motifs is 1. The first-order valence-electron chi connectivity index (χ1n) is 12.2. The van der Waals surface area contributed by atoms with Crippen LogP contribution in [0.1, 0.15) is 45.8 Å². The summed E-state index contributed by atoms with van der Waals surface area (Å²) in [4.78, 5) is 39.9. The van der Waals surface area contributed by atoms with Crippen molar-refractivity contribution in [2.75, 3.05) is 13.6 Å². The van der Waals surface area contributed by atoms with Crippen LogP contribution in [0.5, 0.6) is 0 Å². The average Bonchev–Trinajstić information content (AvgIpc) is 3.69. The Morgan fingerprint density at radius 3 is 2.43 bits per heavy atom. The molecule has 0 aliphatic heterocycles. The van der Waals surface area contributed by atoms with Gasteiger partial charge in [-0.3, -0.25) is 9.36 Å². The number of aliphatic hydroxyl groups is 1. The third-order valence-corrected chi connectivity index (χ3v) is 9.05. The van der Waals surface area contributed by atoms with Crippen molar-refractivity contribution in [2.24, 2.45) is 0 Å². The molecule has 37 heavy (non-hydrogen) atoms. The van der Waals surface area contributed by atoms with E-state index in [4.69, 9.17) is 9.15 Å². The van der Waals surface area contributed by atoms with E-state index in [9.17, 15) is 19.5 Å². The van der Waals surface area contributed by atoms with Gasteiger partial charge in [-0.1, -0.05) is 12.1 Å². The highest BCUT2D eigenvalue weighted by atomic mass is 32.1. The topological polar surface area (TPSA) is 102 Å². The molecule has 3 heterocycles. The summed E-state index contributed by atoms with van der Waals surface area (Å²) in [5.74, 6) is -1.07. The Kier molecular flexibility index (Phi) is 7.43. The SMILES string of the molecule is CN(CCn1c(=O)oc2cc(C=O)ccc21)C1CCC(OC(=O)C(O)(c2cccs2)c2cccs2)CC1. The van der Waals surface area contributed by atoms with Crippen LogP contribution in [0.4, 0.5) is 0 Å². The van der Waals surface area contributed by atoms with Crippen LogP contribution in [0.15, 0.2) is 62.4 Å². The Bertz CT molecular complexity index is 1380. The number of esters is 1. The van der Waals surface area contributed by atoms with Crippen LogP contribution in [0.25, 0.3) is 11.1 Å². The Hall–Kier alpha value is -3.05. The van der Waals surface area contributed by atoms with E-state index in [0.29, 0.717) is 58.4 Å². The lowest BCUT2D eigenvalue weighted by Gasteiger charge is -2.35. The molecule has 0 amide bonds. The van der Waals surface area contributed by atoms with Crippen molar-refractivity contribution in [3.8, 4) is 0 Å². The molecule has 5 rings (SSSR count). The zero-order valence-corrected chi connectivity index (χ0v) is 22.0. The highest BCUT2D eigenvalue weighted by Gasteiger charge is 2.45. The van der Waals surface area contributed by atoms with Gasteiger partial charge in [0.05, 0.1) is 15.3 Å². The van der Waals surface area contributed by atoms with Crippen molar-refractivity contribution in [2.45, 2.75) is 50.0 Å². The Balaban J connectivity index is 1.17. The van der Waals surface area contributed by atoms with Crippen LogP contribution in [-0.2, 0) is 21.7 Å². The van der Waals surface area contributed by atoms with Gasteiger partial charge in [0.1, 0.15) is 12.4 Å². The molecule has 0 spiro atoms. The van der Waals surface area contributed by atoms with Gasteiger partial charge in [0, 0.05) is 24.7 Å². The average molecular weight is 541 g/mol. The maximum Gasteiger partial charge on any atom is 0.419 e. The van der Waals surface area contributed by atoms with E-state index in [1.807, 2.05) is 29.9 Å². The third-order valence-electron chi connectivity index (χ3n) is 7.10. The van der Waals surface area contributed by atoms with Gasteiger partial charge >= 0.3 is 11.7 Å². The number of hydrogen-bond acceptors (Lipinski definition) is 9. The molecule has 8 nitrogen and oxygen atoms in total. The standard InChI is InChI=1S/C27H28N2O6S2/c1-28(12-13-29-21-11-6-18(17-30)16-22(21)35-26(29)32)19-7-9-20(10-8-19)34-25(31)27(33,23-4-2-14-36-23)24-5-3-15-37-24/h2-6,11,14-17,19-20,33H,7-10,12-13H2,1H3. The molecule has 4 aromatic rings. The summed E-state index contributed by atoms with van der Waals surface area (Å²) >= 11 is 2.67. The normalized spacial score (nSPS) is 18.4. The first-order chi connectivity index (χ1) is 17.9. The highest BCUT2D eigenvalue weighted by molar-refractivity contribution is 7.12. The van der Waals surface area contributed by atoms with Crippen LogP contribution in [0.2, 0.25) is 0 Å². The summed E-state index contributed by atoms with van der Waals surface area (Å²) in [5, 5.41) is 15.1. The Morgan fingerprint density at radius 1 is 1.16 bits per heavy atom. The van der Waals surface area contributed by atoms with Crippen LogP contribution in [0.3, 0.4) is 0 Å². The lowest BCUT2D eigenvalue weighted by atomic mass is 9.91. The number of carbonyl (C=O) groups excluding carboxylic acids is 2. The van der Waals surface area contributed by atoms with Gasteiger partial charge in [-0.15, -0.1) is 22.7 Å². The second kappa shape index (κ2) is 10.7. The van der Waals surface area contributed by atoms with Crippen LogP contribution in [-0.4, -0.2) is 52.6 Å². The molecule has 3 aromatic heterocycles. The summed E-state index contributed by atoms with van der Waals surface area (Å²) in [6.45, 7) is 1.11. The maximum atomic E-state index is 13.2. The van der Waals surface area contributed by atoms with E-state index in [0.717, 1.165) is 19.1 Å². The monoisotopic (exact) mass is 540 g/mol. The minimum absolute atomic E-state index is 0.254. The zero-order chi connectivity index (χ0) is 26.0. The van der Waals surface area contributed by atoms with Gasteiger partial charge in [-0.05, 0) is 73.8 Å². The molecular formula is C27H28N2O6S2. The largest absolute Gasteiger partial charge is 0.460 e. The number of aldehydes is 1. The summed E-state index contributed by atoms with van der Waals surface area (Å²) in [6, 6.07) is 12.4. The predicted octanol–water partition coefficient (Wildman–Crippen LogP) is 4.25. The molecule has 1 fully saturated rings. The van der Waals surface area contributed by atoms with Crippen LogP contribution >= 0.6 is 22.7 Å². The summed E-state index contributed by atoms with van der Waals surface area (Å²) in [7, 11) is 2.03. The lowest BCUT2D eigenvalue weighted by molar-refractivity contribution is -0.169. The molecule has 0 atom stereocenters.